The van der Waals surface area contributed by atoms with Crippen molar-refractivity contribution < 1.29 is 4.79 Å². The minimum Gasteiger partial charge on any atom is -0.366 e. The third-order valence-electron chi connectivity index (χ3n) is 6.50. The monoisotopic (exact) mass is 452 g/mol. The fourth-order valence-electron chi connectivity index (χ4n) is 4.82. The van der Waals surface area contributed by atoms with Crippen LogP contribution in [0.3, 0.4) is 0 Å². The van der Waals surface area contributed by atoms with E-state index < -0.39 is 0 Å². The number of rotatable bonds is 3. The molecule has 0 saturated carbocycles. The van der Waals surface area contributed by atoms with Crippen LogP contribution in [0.25, 0.3) is 22.4 Å². The highest BCUT2D eigenvalue weighted by atomic mass is 16.2. The summed E-state index contributed by atoms with van der Waals surface area (Å²) in [5.74, 6) is 1.17. The number of aromatic nitrogens is 5. The van der Waals surface area contributed by atoms with Crippen LogP contribution in [0.1, 0.15) is 17.8 Å². The molecule has 2 bridgehead atoms. The van der Waals surface area contributed by atoms with Crippen LogP contribution in [0.5, 0.6) is 0 Å². The van der Waals surface area contributed by atoms with Crippen molar-refractivity contribution in [1.29, 1.82) is 0 Å². The van der Waals surface area contributed by atoms with Crippen molar-refractivity contribution in [3.8, 4) is 22.4 Å². The lowest BCUT2D eigenvalue weighted by molar-refractivity contribution is 0.254. The van der Waals surface area contributed by atoms with Crippen molar-refractivity contribution in [3.05, 3.63) is 66.4 Å². The number of pyridine rings is 3. The molecule has 9 nitrogen and oxygen atoms in total. The molecule has 2 N–H and O–H groups in total. The Hall–Kier alpha value is -4.27. The summed E-state index contributed by atoms with van der Waals surface area (Å²) in [5, 5.41) is 10.0. The van der Waals surface area contributed by atoms with Gasteiger partial charge in [0.2, 0.25) is 0 Å². The van der Waals surface area contributed by atoms with Gasteiger partial charge < -0.3 is 4.90 Å². The average molecular weight is 453 g/mol. The van der Waals surface area contributed by atoms with Gasteiger partial charge in [0.15, 0.2) is 5.82 Å². The molecule has 1 fully saturated rings. The molecule has 4 aromatic heterocycles. The smallest absolute Gasteiger partial charge is 0.329 e. The minimum absolute atomic E-state index is 0.0636. The van der Waals surface area contributed by atoms with Crippen LogP contribution in [0.4, 0.5) is 22.1 Å². The van der Waals surface area contributed by atoms with E-state index in [1.54, 1.807) is 23.5 Å². The zero-order valence-corrected chi connectivity index (χ0v) is 19.0. The van der Waals surface area contributed by atoms with E-state index in [0.29, 0.717) is 11.6 Å². The minimum atomic E-state index is -0.225. The Balaban J connectivity index is 1.34. The Morgan fingerprint density at radius 1 is 1.09 bits per heavy atom. The first kappa shape index (κ1) is 20.3. The van der Waals surface area contributed by atoms with Gasteiger partial charge in [-0.15, -0.1) is 0 Å². The number of fused-ring (bicyclic) bond motifs is 4. The zero-order valence-electron chi connectivity index (χ0n) is 19.0. The van der Waals surface area contributed by atoms with Gasteiger partial charge in [-0.1, -0.05) is 0 Å². The second kappa shape index (κ2) is 7.95. The van der Waals surface area contributed by atoms with Gasteiger partial charge in [0, 0.05) is 48.0 Å². The maximum absolute atomic E-state index is 13.6. The Morgan fingerprint density at radius 2 is 1.94 bits per heavy atom. The summed E-state index contributed by atoms with van der Waals surface area (Å²) in [7, 11) is 0. The molecule has 0 radical (unpaired) electrons. The molecule has 0 spiro atoms. The fraction of sp³-hybridized carbons (Fsp3) is 0.240. The van der Waals surface area contributed by atoms with Crippen molar-refractivity contribution in [2.45, 2.75) is 26.3 Å². The maximum atomic E-state index is 13.6. The molecule has 1 saturated heterocycles. The van der Waals surface area contributed by atoms with Crippen molar-refractivity contribution in [2.75, 3.05) is 28.2 Å². The van der Waals surface area contributed by atoms with E-state index in [0.717, 1.165) is 59.0 Å². The lowest BCUT2D eigenvalue weighted by atomic mass is 10.1. The van der Waals surface area contributed by atoms with Gasteiger partial charge in [-0.25, -0.2) is 14.8 Å². The molecular weight excluding hydrogens is 428 g/mol. The number of carbonyl (C=O) groups is 1. The molecule has 2 aliphatic rings. The lowest BCUT2D eigenvalue weighted by Gasteiger charge is -2.35. The molecule has 0 unspecified atom stereocenters. The number of aryl methyl sites for hydroxylation is 2. The predicted molar refractivity (Wildman–Crippen MR) is 131 cm³/mol. The molecule has 2 amide bonds. The van der Waals surface area contributed by atoms with Crippen LogP contribution >= 0.6 is 0 Å². The molecule has 9 heteroatoms. The van der Waals surface area contributed by atoms with E-state index >= 15 is 0 Å². The third-order valence-corrected chi connectivity index (χ3v) is 6.50. The Bertz CT molecular complexity index is 1400. The first-order valence-electron chi connectivity index (χ1n) is 11.3. The molecular formula is C25H24N8O. The summed E-state index contributed by atoms with van der Waals surface area (Å²) >= 11 is 0. The SMILES string of the molecule is Cc1cc(-c2ccc3c(n2)N(C(=O)Nc2cc(-c4cn[nH]c4C)ccn2)[C@H]2CCN3C2)ccn1. The maximum Gasteiger partial charge on any atom is 0.329 e. The first-order chi connectivity index (χ1) is 16.6. The largest absolute Gasteiger partial charge is 0.366 e. The number of H-pyrrole nitrogens is 1. The molecule has 4 aromatic rings. The lowest BCUT2D eigenvalue weighted by Crippen LogP contribution is -2.48. The quantitative estimate of drug-likeness (QED) is 0.484. The van der Waals surface area contributed by atoms with E-state index in [1.165, 1.54) is 0 Å². The van der Waals surface area contributed by atoms with E-state index in [4.69, 9.17) is 4.98 Å². The van der Waals surface area contributed by atoms with Gasteiger partial charge in [0.1, 0.15) is 5.82 Å². The normalized spacial score (nSPS) is 16.5. The summed E-state index contributed by atoms with van der Waals surface area (Å²) in [5.41, 5.74) is 6.59. The number of nitrogens with one attached hydrogen (secondary N) is 2. The molecule has 1 atom stereocenters. The van der Waals surface area contributed by atoms with E-state index in [-0.39, 0.29) is 12.1 Å². The van der Waals surface area contributed by atoms with Gasteiger partial charge in [0.25, 0.3) is 0 Å². The summed E-state index contributed by atoms with van der Waals surface area (Å²) < 4.78 is 0. The molecule has 6 heterocycles. The second-order valence-corrected chi connectivity index (χ2v) is 8.75. The summed E-state index contributed by atoms with van der Waals surface area (Å²) in [4.78, 5) is 31.3. The number of hydrogen-bond acceptors (Lipinski definition) is 6. The molecule has 0 aliphatic carbocycles. The van der Waals surface area contributed by atoms with Crippen molar-refractivity contribution in [1.82, 2.24) is 25.1 Å². The number of urea groups is 1. The highest BCUT2D eigenvalue weighted by Crippen LogP contribution is 2.40. The third kappa shape index (κ3) is 3.45. The van der Waals surface area contributed by atoms with Gasteiger partial charge in [-0.05, 0) is 62.2 Å². The number of aromatic amines is 1. The first-order valence-corrected chi connectivity index (χ1v) is 11.3. The number of carbonyl (C=O) groups excluding carboxylic acids is 1. The van der Waals surface area contributed by atoms with E-state index in [2.05, 4.69) is 36.4 Å². The van der Waals surface area contributed by atoms with E-state index in [9.17, 15) is 4.79 Å². The highest BCUT2D eigenvalue weighted by Gasteiger charge is 2.40. The second-order valence-electron chi connectivity index (χ2n) is 8.75. The summed E-state index contributed by atoms with van der Waals surface area (Å²) in [6, 6.07) is 11.6. The molecule has 0 aromatic carbocycles. The van der Waals surface area contributed by atoms with Crippen LogP contribution in [-0.2, 0) is 0 Å². The number of hydrogen-bond donors (Lipinski definition) is 2. The topological polar surface area (TPSA) is 103 Å². The van der Waals surface area contributed by atoms with Gasteiger partial charge >= 0.3 is 6.03 Å². The molecule has 6 rings (SSSR count). The van der Waals surface area contributed by atoms with Crippen LogP contribution < -0.4 is 15.1 Å². The van der Waals surface area contributed by atoms with Crippen molar-refractivity contribution >= 4 is 23.4 Å². The number of anilines is 3. The van der Waals surface area contributed by atoms with Crippen molar-refractivity contribution in [2.24, 2.45) is 0 Å². The molecule has 2 aliphatic heterocycles. The van der Waals surface area contributed by atoms with Crippen LogP contribution in [0.2, 0.25) is 0 Å². The fourth-order valence-corrected chi connectivity index (χ4v) is 4.82. The van der Waals surface area contributed by atoms with Crippen molar-refractivity contribution in [3.63, 3.8) is 0 Å². The van der Waals surface area contributed by atoms with Gasteiger partial charge in [-0.3, -0.25) is 20.3 Å². The number of amides is 2. The molecule has 170 valence electrons. The van der Waals surface area contributed by atoms with Crippen LogP contribution in [0.15, 0.2) is 55.0 Å². The van der Waals surface area contributed by atoms with E-state index in [1.807, 2.05) is 44.2 Å². The Labute approximate surface area is 196 Å². The van der Waals surface area contributed by atoms with Crippen LogP contribution in [0, 0.1) is 13.8 Å². The zero-order chi connectivity index (χ0) is 23.2. The average Bonchev–Trinajstić information content (AvgIpc) is 3.46. The number of nitrogens with zero attached hydrogens (tertiary/aromatic N) is 6. The Kier molecular flexibility index (Phi) is 4.75. The Morgan fingerprint density at radius 3 is 2.76 bits per heavy atom. The predicted octanol–water partition coefficient (Wildman–Crippen LogP) is 4.18. The molecule has 34 heavy (non-hydrogen) atoms. The highest BCUT2D eigenvalue weighted by molar-refractivity contribution is 6.04. The van der Waals surface area contributed by atoms with Crippen LogP contribution in [-0.4, -0.2) is 50.3 Å². The van der Waals surface area contributed by atoms with Gasteiger partial charge in [-0.2, -0.15) is 5.10 Å². The summed E-state index contributed by atoms with van der Waals surface area (Å²) in [6.45, 7) is 5.63. The van der Waals surface area contributed by atoms with Gasteiger partial charge in [0.05, 0.1) is 23.6 Å². The summed E-state index contributed by atoms with van der Waals surface area (Å²) in [6.07, 6.45) is 6.15. The standard InChI is InChI=1S/C25H24N8O/c1-15-11-18(6-8-26-15)21-3-4-22-24(29-21)33(19-7-10-32(22)14-19)25(34)30-23-12-17(5-9-27-23)20-13-28-31-16(20)2/h3-6,8-9,11-13,19H,7,10,14H2,1-2H3,(H,28,31)(H,27,30,34)/t19-/m0/s1.